The van der Waals surface area contributed by atoms with Crippen LogP contribution in [0.4, 0.5) is 0 Å². The molecular weight excluding hydrogens is 274 g/mol. The van der Waals surface area contributed by atoms with Crippen LogP contribution in [0.25, 0.3) is 0 Å². The molecule has 6 nitrogen and oxygen atoms in total. The standard InChI is InChI=1S/C15H19NO5/c1-2-21-15(20)10-5-4-8-16(9-10)14(19)13-11(17)6-3-7-12(13)18/h3,6-7,10,17-18H,2,4-5,8-9H2,1H3/t10-/m1/s1. The summed E-state index contributed by atoms with van der Waals surface area (Å²) >= 11 is 0. The molecule has 1 aromatic rings. The third-order valence-electron chi connectivity index (χ3n) is 3.56. The fourth-order valence-corrected chi connectivity index (χ4v) is 2.52. The Kier molecular flexibility index (Phi) is 4.67. The van der Waals surface area contributed by atoms with Gasteiger partial charge < -0.3 is 19.8 Å². The molecule has 21 heavy (non-hydrogen) atoms. The molecule has 0 saturated carbocycles. The van der Waals surface area contributed by atoms with Gasteiger partial charge in [0.25, 0.3) is 5.91 Å². The molecule has 114 valence electrons. The van der Waals surface area contributed by atoms with Gasteiger partial charge in [-0.05, 0) is 31.9 Å². The normalized spacial score (nSPS) is 18.3. The number of aromatic hydroxyl groups is 2. The first-order valence-corrected chi connectivity index (χ1v) is 7.01. The zero-order valence-electron chi connectivity index (χ0n) is 11.9. The van der Waals surface area contributed by atoms with Crippen molar-refractivity contribution in [3.05, 3.63) is 23.8 Å². The number of piperidine rings is 1. The minimum absolute atomic E-state index is 0.123. The fourth-order valence-electron chi connectivity index (χ4n) is 2.52. The van der Waals surface area contributed by atoms with Crippen LogP contribution in [0, 0.1) is 5.92 Å². The Balaban J connectivity index is 2.14. The summed E-state index contributed by atoms with van der Waals surface area (Å²) in [6, 6.07) is 4.15. The molecule has 1 saturated heterocycles. The molecule has 1 amide bonds. The van der Waals surface area contributed by atoms with Crippen LogP contribution in [0.3, 0.4) is 0 Å². The van der Waals surface area contributed by atoms with Crippen molar-refractivity contribution >= 4 is 11.9 Å². The lowest BCUT2D eigenvalue weighted by Gasteiger charge is -2.31. The van der Waals surface area contributed by atoms with E-state index in [9.17, 15) is 19.8 Å². The summed E-state index contributed by atoms with van der Waals surface area (Å²) in [5, 5.41) is 19.5. The first kappa shape index (κ1) is 15.2. The predicted octanol–water partition coefficient (Wildman–Crippen LogP) is 1.51. The van der Waals surface area contributed by atoms with Crippen LogP contribution in [0.5, 0.6) is 11.5 Å². The van der Waals surface area contributed by atoms with Gasteiger partial charge in [0, 0.05) is 13.1 Å². The van der Waals surface area contributed by atoms with E-state index in [1.54, 1.807) is 6.92 Å². The average molecular weight is 293 g/mol. The highest BCUT2D eigenvalue weighted by Gasteiger charge is 2.31. The van der Waals surface area contributed by atoms with Crippen LogP contribution >= 0.6 is 0 Å². The molecule has 0 aliphatic carbocycles. The molecule has 2 N–H and O–H groups in total. The van der Waals surface area contributed by atoms with Crippen molar-refractivity contribution < 1.29 is 24.5 Å². The Morgan fingerprint density at radius 2 is 2.00 bits per heavy atom. The second kappa shape index (κ2) is 6.47. The maximum absolute atomic E-state index is 12.4. The third-order valence-corrected chi connectivity index (χ3v) is 3.56. The van der Waals surface area contributed by atoms with E-state index in [1.165, 1.54) is 23.1 Å². The number of benzene rings is 1. The molecule has 1 aliphatic rings. The lowest BCUT2D eigenvalue weighted by molar-refractivity contribution is -0.149. The number of amides is 1. The van der Waals surface area contributed by atoms with Gasteiger partial charge in [0.2, 0.25) is 0 Å². The molecule has 0 unspecified atom stereocenters. The van der Waals surface area contributed by atoms with Gasteiger partial charge in [0.15, 0.2) is 0 Å². The van der Waals surface area contributed by atoms with Gasteiger partial charge in [-0.1, -0.05) is 6.07 Å². The number of esters is 1. The Bertz CT molecular complexity index is 523. The first-order chi connectivity index (χ1) is 10.0. The van der Waals surface area contributed by atoms with Gasteiger partial charge in [0.1, 0.15) is 17.1 Å². The van der Waals surface area contributed by atoms with Crippen LogP contribution in [-0.4, -0.2) is 46.7 Å². The molecule has 1 atom stereocenters. The molecule has 0 aromatic heterocycles. The number of hydrogen-bond acceptors (Lipinski definition) is 5. The van der Waals surface area contributed by atoms with Gasteiger partial charge in [-0.25, -0.2) is 0 Å². The Labute approximate surface area is 122 Å². The van der Waals surface area contributed by atoms with E-state index in [1.807, 2.05) is 0 Å². The predicted molar refractivity (Wildman–Crippen MR) is 75.0 cm³/mol. The highest BCUT2D eigenvalue weighted by Crippen LogP contribution is 2.29. The van der Waals surface area contributed by atoms with Crippen LogP contribution in [0.1, 0.15) is 30.1 Å². The number of likely N-dealkylation sites (tertiary alicyclic amines) is 1. The Morgan fingerprint density at radius 1 is 1.33 bits per heavy atom. The monoisotopic (exact) mass is 293 g/mol. The summed E-state index contributed by atoms with van der Waals surface area (Å²) in [5.74, 6) is -1.66. The summed E-state index contributed by atoms with van der Waals surface area (Å²) in [6.07, 6.45) is 1.36. The van der Waals surface area contributed by atoms with Crippen molar-refractivity contribution in [2.45, 2.75) is 19.8 Å². The first-order valence-electron chi connectivity index (χ1n) is 7.01. The number of hydrogen-bond donors (Lipinski definition) is 2. The van der Waals surface area contributed by atoms with Crippen molar-refractivity contribution in [1.82, 2.24) is 4.90 Å². The molecule has 0 bridgehead atoms. The highest BCUT2D eigenvalue weighted by atomic mass is 16.5. The second-order valence-electron chi connectivity index (χ2n) is 5.01. The number of carbonyl (C=O) groups excluding carboxylic acids is 2. The lowest BCUT2D eigenvalue weighted by Crippen LogP contribution is -2.42. The van der Waals surface area contributed by atoms with Gasteiger partial charge in [-0.3, -0.25) is 9.59 Å². The summed E-state index contributed by atoms with van der Waals surface area (Å²) in [6.45, 7) is 2.78. The number of carbonyl (C=O) groups is 2. The minimum atomic E-state index is -0.473. The van der Waals surface area contributed by atoms with Gasteiger partial charge in [-0.15, -0.1) is 0 Å². The molecule has 1 aliphatic heterocycles. The van der Waals surface area contributed by atoms with Crippen LogP contribution < -0.4 is 0 Å². The molecule has 1 heterocycles. The van der Waals surface area contributed by atoms with E-state index in [0.717, 1.165) is 0 Å². The van der Waals surface area contributed by atoms with E-state index in [2.05, 4.69) is 0 Å². The van der Waals surface area contributed by atoms with Gasteiger partial charge in [-0.2, -0.15) is 0 Å². The highest BCUT2D eigenvalue weighted by molar-refractivity contribution is 5.99. The maximum atomic E-state index is 12.4. The second-order valence-corrected chi connectivity index (χ2v) is 5.01. The van der Waals surface area contributed by atoms with E-state index in [0.29, 0.717) is 26.0 Å². The molecule has 0 spiro atoms. The van der Waals surface area contributed by atoms with E-state index < -0.39 is 5.91 Å². The topological polar surface area (TPSA) is 87.1 Å². The molecular formula is C15H19NO5. The van der Waals surface area contributed by atoms with Gasteiger partial charge in [0.05, 0.1) is 12.5 Å². The number of ether oxygens (including phenoxy) is 1. The Hall–Kier alpha value is -2.24. The minimum Gasteiger partial charge on any atom is -0.507 e. The fraction of sp³-hybridized carbons (Fsp3) is 0.467. The number of nitrogens with zero attached hydrogens (tertiary/aromatic N) is 1. The van der Waals surface area contributed by atoms with E-state index in [-0.39, 0.29) is 35.5 Å². The molecule has 1 fully saturated rings. The van der Waals surface area contributed by atoms with Crippen molar-refractivity contribution in [1.29, 1.82) is 0 Å². The zero-order valence-corrected chi connectivity index (χ0v) is 11.9. The summed E-state index contributed by atoms with van der Waals surface area (Å²) < 4.78 is 4.99. The number of rotatable bonds is 3. The average Bonchev–Trinajstić information content (AvgIpc) is 2.47. The van der Waals surface area contributed by atoms with Crippen molar-refractivity contribution in [3.8, 4) is 11.5 Å². The van der Waals surface area contributed by atoms with Crippen LogP contribution in [0.2, 0.25) is 0 Å². The summed E-state index contributed by atoms with van der Waals surface area (Å²) in [7, 11) is 0. The molecule has 2 rings (SSSR count). The zero-order chi connectivity index (χ0) is 15.4. The maximum Gasteiger partial charge on any atom is 0.310 e. The number of phenolic OH excluding ortho intramolecular Hbond substituents is 2. The van der Waals surface area contributed by atoms with Crippen LogP contribution in [0.15, 0.2) is 18.2 Å². The largest absolute Gasteiger partial charge is 0.507 e. The smallest absolute Gasteiger partial charge is 0.310 e. The van der Waals surface area contributed by atoms with E-state index >= 15 is 0 Å². The molecule has 6 heteroatoms. The third kappa shape index (κ3) is 3.26. The molecule has 1 aromatic carbocycles. The van der Waals surface area contributed by atoms with Gasteiger partial charge >= 0.3 is 5.97 Å². The number of phenols is 2. The SMILES string of the molecule is CCOC(=O)[C@@H]1CCCN(C(=O)c2c(O)cccc2O)C1. The van der Waals surface area contributed by atoms with E-state index in [4.69, 9.17) is 4.74 Å². The summed E-state index contributed by atoms with van der Waals surface area (Å²) in [5.41, 5.74) is -0.123. The Morgan fingerprint density at radius 3 is 2.62 bits per heavy atom. The molecule has 0 radical (unpaired) electrons. The lowest BCUT2D eigenvalue weighted by atomic mass is 9.97. The quantitative estimate of drug-likeness (QED) is 0.825. The van der Waals surface area contributed by atoms with Crippen molar-refractivity contribution in [2.75, 3.05) is 19.7 Å². The van der Waals surface area contributed by atoms with Crippen LogP contribution in [-0.2, 0) is 9.53 Å². The van der Waals surface area contributed by atoms with Crippen molar-refractivity contribution in [2.24, 2.45) is 5.92 Å². The van der Waals surface area contributed by atoms with Crippen molar-refractivity contribution in [3.63, 3.8) is 0 Å². The summed E-state index contributed by atoms with van der Waals surface area (Å²) in [4.78, 5) is 25.7.